The van der Waals surface area contributed by atoms with Crippen LogP contribution >= 0.6 is 0 Å². The Bertz CT molecular complexity index is 862. The molecule has 114 valence electrons. The summed E-state index contributed by atoms with van der Waals surface area (Å²) in [5, 5.41) is 19.0. The Kier molecular flexibility index (Phi) is 4.10. The summed E-state index contributed by atoms with van der Waals surface area (Å²) in [6.45, 7) is 0. The van der Waals surface area contributed by atoms with Gasteiger partial charge < -0.3 is 14.8 Å². The molecule has 0 aliphatic heterocycles. The third-order valence-corrected chi connectivity index (χ3v) is 3.63. The average Bonchev–Trinajstić information content (AvgIpc) is 2.60. The van der Waals surface area contributed by atoms with Crippen LogP contribution in [0.25, 0.3) is 22.2 Å². The van der Waals surface area contributed by atoms with Crippen LogP contribution in [-0.4, -0.2) is 35.2 Å². The Morgan fingerprint density at radius 3 is 2.43 bits per heavy atom. The van der Waals surface area contributed by atoms with Crippen LogP contribution < -0.4 is 5.46 Å². The van der Waals surface area contributed by atoms with Gasteiger partial charge in [-0.1, -0.05) is 42.5 Å². The van der Waals surface area contributed by atoms with Crippen molar-refractivity contribution in [1.82, 2.24) is 4.98 Å². The number of rotatable bonds is 3. The summed E-state index contributed by atoms with van der Waals surface area (Å²) in [6, 6.07) is 15.7. The molecule has 2 aromatic carbocycles. The Morgan fingerprint density at radius 1 is 1.09 bits per heavy atom. The third kappa shape index (κ3) is 2.95. The minimum atomic E-state index is -1.51. The van der Waals surface area contributed by atoms with E-state index in [1.165, 1.54) is 7.11 Å². The number of carbonyl (C=O) groups excluding carboxylic acids is 1. The number of pyridine rings is 1. The molecule has 0 atom stereocenters. The highest BCUT2D eigenvalue weighted by Gasteiger charge is 2.15. The SMILES string of the molecule is COC(=O)c1cc(-c2ccc(B(O)O)cc2)nc2ccccc12. The van der Waals surface area contributed by atoms with Gasteiger partial charge in [0.25, 0.3) is 0 Å². The normalized spacial score (nSPS) is 10.6. The first kappa shape index (κ1) is 15.2. The first-order valence-corrected chi connectivity index (χ1v) is 7.04. The van der Waals surface area contributed by atoms with E-state index < -0.39 is 13.1 Å². The number of ether oxygens (including phenoxy) is 1. The van der Waals surface area contributed by atoms with Crippen molar-refractivity contribution in [3.63, 3.8) is 0 Å². The smallest absolute Gasteiger partial charge is 0.465 e. The van der Waals surface area contributed by atoms with E-state index in [9.17, 15) is 4.79 Å². The molecule has 0 unspecified atom stereocenters. The number of fused-ring (bicyclic) bond motifs is 1. The van der Waals surface area contributed by atoms with Crippen molar-refractivity contribution >= 4 is 29.5 Å². The predicted octanol–water partition coefficient (Wildman–Crippen LogP) is 1.37. The van der Waals surface area contributed by atoms with Gasteiger partial charge in [0.15, 0.2) is 0 Å². The second-order valence-electron chi connectivity index (χ2n) is 5.06. The molecule has 0 spiro atoms. The average molecular weight is 307 g/mol. The van der Waals surface area contributed by atoms with Crippen LogP contribution in [0.15, 0.2) is 54.6 Å². The zero-order valence-electron chi connectivity index (χ0n) is 12.4. The van der Waals surface area contributed by atoms with Gasteiger partial charge >= 0.3 is 13.1 Å². The fraction of sp³-hybridized carbons (Fsp3) is 0.0588. The number of nitrogens with zero attached hydrogens (tertiary/aromatic N) is 1. The summed E-state index contributed by atoms with van der Waals surface area (Å²) >= 11 is 0. The minimum Gasteiger partial charge on any atom is -0.465 e. The molecule has 3 rings (SSSR count). The number of methoxy groups -OCH3 is 1. The maximum absolute atomic E-state index is 12.0. The van der Waals surface area contributed by atoms with Gasteiger partial charge in [-0.25, -0.2) is 9.78 Å². The van der Waals surface area contributed by atoms with Crippen LogP contribution in [0.4, 0.5) is 0 Å². The van der Waals surface area contributed by atoms with E-state index in [4.69, 9.17) is 14.8 Å². The molecule has 2 N–H and O–H groups in total. The van der Waals surface area contributed by atoms with Gasteiger partial charge in [0.05, 0.1) is 23.9 Å². The molecule has 0 radical (unpaired) electrons. The van der Waals surface area contributed by atoms with Crippen molar-refractivity contribution in [1.29, 1.82) is 0 Å². The summed E-state index contributed by atoms with van der Waals surface area (Å²) in [4.78, 5) is 16.6. The van der Waals surface area contributed by atoms with Gasteiger partial charge in [-0.05, 0) is 17.6 Å². The maximum Gasteiger partial charge on any atom is 0.488 e. The van der Waals surface area contributed by atoms with Crippen molar-refractivity contribution in [3.05, 3.63) is 60.2 Å². The van der Waals surface area contributed by atoms with Crippen LogP contribution in [0.5, 0.6) is 0 Å². The van der Waals surface area contributed by atoms with Gasteiger partial charge in [0.1, 0.15) is 0 Å². The van der Waals surface area contributed by atoms with E-state index in [1.54, 1.807) is 30.3 Å². The van der Waals surface area contributed by atoms with Gasteiger partial charge in [-0.2, -0.15) is 0 Å². The molecule has 0 bridgehead atoms. The topological polar surface area (TPSA) is 79.7 Å². The van der Waals surface area contributed by atoms with Crippen molar-refractivity contribution in [2.45, 2.75) is 0 Å². The largest absolute Gasteiger partial charge is 0.488 e. The number of aromatic nitrogens is 1. The van der Waals surface area contributed by atoms with E-state index in [2.05, 4.69) is 4.98 Å². The molecule has 0 saturated heterocycles. The summed E-state index contributed by atoms with van der Waals surface area (Å²) in [6.07, 6.45) is 0. The lowest BCUT2D eigenvalue weighted by Gasteiger charge is -2.09. The lowest BCUT2D eigenvalue weighted by molar-refractivity contribution is 0.0603. The Hall–Kier alpha value is -2.70. The van der Waals surface area contributed by atoms with Crippen molar-refractivity contribution < 1.29 is 19.6 Å². The second kappa shape index (κ2) is 6.20. The minimum absolute atomic E-state index is 0.391. The number of hydrogen-bond donors (Lipinski definition) is 2. The van der Waals surface area contributed by atoms with Gasteiger partial charge in [-0.3, -0.25) is 0 Å². The Morgan fingerprint density at radius 2 is 1.78 bits per heavy atom. The number of benzene rings is 2. The van der Waals surface area contributed by atoms with Crippen LogP contribution in [0.3, 0.4) is 0 Å². The molecule has 0 aliphatic carbocycles. The first-order chi connectivity index (χ1) is 11.1. The quantitative estimate of drug-likeness (QED) is 0.564. The van der Waals surface area contributed by atoms with Crippen molar-refractivity contribution in [2.24, 2.45) is 0 Å². The van der Waals surface area contributed by atoms with E-state index in [1.807, 2.05) is 24.3 Å². The first-order valence-electron chi connectivity index (χ1n) is 7.04. The van der Waals surface area contributed by atoms with Crippen molar-refractivity contribution in [3.8, 4) is 11.3 Å². The van der Waals surface area contributed by atoms with E-state index in [0.29, 0.717) is 22.2 Å². The molecule has 0 amide bonds. The number of esters is 1. The molecular formula is C17H14BNO4. The Balaban J connectivity index is 2.16. The molecule has 5 nitrogen and oxygen atoms in total. The standard InChI is InChI=1S/C17H14BNO4/c1-23-17(20)14-10-16(19-15-5-3-2-4-13(14)15)11-6-8-12(9-7-11)18(21)22/h2-10,21-22H,1H3. The van der Waals surface area contributed by atoms with Gasteiger partial charge in [0.2, 0.25) is 0 Å². The highest BCUT2D eigenvalue weighted by atomic mass is 16.5. The fourth-order valence-corrected chi connectivity index (χ4v) is 2.43. The summed E-state index contributed by atoms with van der Waals surface area (Å²) in [5.74, 6) is -0.424. The Labute approximate surface area is 133 Å². The lowest BCUT2D eigenvalue weighted by atomic mass is 9.80. The zero-order chi connectivity index (χ0) is 16.4. The molecular weight excluding hydrogens is 293 g/mol. The predicted molar refractivity (Wildman–Crippen MR) is 88.3 cm³/mol. The fourth-order valence-electron chi connectivity index (χ4n) is 2.43. The molecule has 1 heterocycles. The molecule has 6 heteroatoms. The van der Waals surface area contributed by atoms with Crippen LogP contribution in [0.2, 0.25) is 0 Å². The van der Waals surface area contributed by atoms with Crippen LogP contribution in [-0.2, 0) is 4.74 Å². The zero-order valence-corrected chi connectivity index (χ0v) is 12.4. The monoisotopic (exact) mass is 307 g/mol. The van der Waals surface area contributed by atoms with E-state index in [0.717, 1.165) is 10.9 Å². The third-order valence-electron chi connectivity index (χ3n) is 3.63. The van der Waals surface area contributed by atoms with Gasteiger partial charge in [-0.15, -0.1) is 0 Å². The van der Waals surface area contributed by atoms with Gasteiger partial charge in [0, 0.05) is 10.9 Å². The number of para-hydroxylation sites is 1. The second-order valence-corrected chi connectivity index (χ2v) is 5.06. The number of carbonyl (C=O) groups is 1. The molecule has 3 aromatic rings. The van der Waals surface area contributed by atoms with Crippen LogP contribution in [0.1, 0.15) is 10.4 Å². The van der Waals surface area contributed by atoms with E-state index in [-0.39, 0.29) is 0 Å². The molecule has 0 aliphatic rings. The van der Waals surface area contributed by atoms with Crippen molar-refractivity contribution in [2.75, 3.05) is 7.11 Å². The lowest BCUT2D eigenvalue weighted by Crippen LogP contribution is -2.29. The summed E-state index contributed by atoms with van der Waals surface area (Å²) in [5.41, 5.74) is 2.91. The summed E-state index contributed by atoms with van der Waals surface area (Å²) < 4.78 is 4.85. The summed E-state index contributed by atoms with van der Waals surface area (Å²) in [7, 11) is -0.173. The molecule has 1 aromatic heterocycles. The highest BCUT2D eigenvalue weighted by Crippen LogP contribution is 2.25. The maximum atomic E-state index is 12.0. The highest BCUT2D eigenvalue weighted by molar-refractivity contribution is 6.58. The molecule has 0 fully saturated rings. The number of hydrogen-bond acceptors (Lipinski definition) is 5. The molecule has 0 saturated carbocycles. The van der Waals surface area contributed by atoms with E-state index >= 15 is 0 Å². The molecule has 23 heavy (non-hydrogen) atoms. The van der Waals surface area contributed by atoms with Crippen LogP contribution in [0, 0.1) is 0 Å².